The quantitative estimate of drug-likeness (QED) is 0.874. The Hall–Kier alpha value is -2.24. The Labute approximate surface area is 96.6 Å². The third-order valence-corrected chi connectivity index (χ3v) is 2.25. The van der Waals surface area contributed by atoms with E-state index in [1.165, 1.54) is 24.6 Å². The molecule has 5 nitrogen and oxygen atoms in total. The molecule has 2 aromatic rings. The van der Waals surface area contributed by atoms with Crippen LogP contribution in [0.1, 0.15) is 21.7 Å². The fraction of sp³-hybridized carbons (Fsp3) is 0.182. The molecule has 0 fully saturated rings. The average molecular weight is 235 g/mol. The number of hydrogen-bond donors (Lipinski definition) is 1. The zero-order chi connectivity index (χ0) is 12.3. The van der Waals surface area contributed by atoms with Gasteiger partial charge in [-0.15, -0.1) is 0 Å². The maximum absolute atomic E-state index is 12.9. The van der Waals surface area contributed by atoms with Crippen LogP contribution in [0.2, 0.25) is 0 Å². The third kappa shape index (κ3) is 2.66. The maximum Gasteiger partial charge on any atom is 0.251 e. The molecule has 0 unspecified atom stereocenters. The number of carbonyl (C=O) groups is 1. The molecule has 6 heteroatoms. The first kappa shape index (κ1) is 11.3. The van der Waals surface area contributed by atoms with Crippen LogP contribution in [0.3, 0.4) is 0 Å². The van der Waals surface area contributed by atoms with Crippen LogP contribution in [0.4, 0.5) is 4.39 Å². The number of hydrogen-bond acceptors (Lipinski definition) is 4. The van der Waals surface area contributed by atoms with Crippen LogP contribution in [-0.2, 0) is 6.54 Å². The number of aryl methyl sites for hydroxylation is 1. The molecule has 0 saturated heterocycles. The second kappa shape index (κ2) is 4.73. The highest BCUT2D eigenvalue weighted by Gasteiger charge is 2.10. The molecule has 17 heavy (non-hydrogen) atoms. The Balaban J connectivity index is 2.04. The first-order valence-electron chi connectivity index (χ1n) is 4.96. The Kier molecular flexibility index (Phi) is 3.13. The van der Waals surface area contributed by atoms with Crippen LogP contribution >= 0.6 is 0 Å². The molecule has 0 atom stereocenters. The fourth-order valence-electron chi connectivity index (χ4n) is 1.41. The monoisotopic (exact) mass is 235 g/mol. The van der Waals surface area contributed by atoms with E-state index in [4.69, 9.17) is 0 Å². The lowest BCUT2D eigenvalue weighted by atomic mass is 10.1. The van der Waals surface area contributed by atoms with Crippen molar-refractivity contribution in [3.63, 3.8) is 0 Å². The summed E-state index contributed by atoms with van der Waals surface area (Å²) in [6.45, 7) is 1.85. The summed E-state index contributed by atoms with van der Waals surface area (Å²) >= 11 is 0. The minimum atomic E-state index is -0.364. The summed E-state index contributed by atoms with van der Waals surface area (Å²) in [5.74, 6) is -0.275. The van der Waals surface area contributed by atoms with Gasteiger partial charge in [-0.3, -0.25) is 4.79 Å². The highest BCUT2D eigenvalue weighted by molar-refractivity contribution is 5.95. The van der Waals surface area contributed by atoms with Crippen LogP contribution < -0.4 is 5.32 Å². The van der Waals surface area contributed by atoms with Crippen LogP contribution in [0.5, 0.6) is 0 Å². The van der Waals surface area contributed by atoms with Crippen molar-refractivity contribution in [2.75, 3.05) is 0 Å². The van der Waals surface area contributed by atoms with E-state index in [-0.39, 0.29) is 18.3 Å². The second-order valence-electron chi connectivity index (χ2n) is 3.49. The van der Waals surface area contributed by atoms with E-state index in [1.54, 1.807) is 6.92 Å². The zero-order valence-electron chi connectivity index (χ0n) is 9.11. The highest BCUT2D eigenvalue weighted by atomic mass is 19.1. The van der Waals surface area contributed by atoms with Gasteiger partial charge in [0.15, 0.2) is 5.82 Å². The Morgan fingerprint density at radius 1 is 1.53 bits per heavy atom. The molecular formula is C11H10FN3O2. The molecule has 0 aliphatic rings. The molecule has 0 aliphatic heterocycles. The molecule has 0 bridgehead atoms. The second-order valence-corrected chi connectivity index (χ2v) is 3.49. The molecule has 1 aromatic heterocycles. The van der Waals surface area contributed by atoms with E-state index in [0.717, 1.165) is 0 Å². The summed E-state index contributed by atoms with van der Waals surface area (Å²) in [7, 11) is 0. The number of carbonyl (C=O) groups excluding carboxylic acids is 1. The van der Waals surface area contributed by atoms with E-state index in [1.807, 2.05) is 0 Å². The molecular weight excluding hydrogens is 225 g/mol. The Bertz CT molecular complexity index is 526. The summed E-state index contributed by atoms with van der Waals surface area (Å²) in [5, 5.41) is 6.17. The van der Waals surface area contributed by atoms with Crippen molar-refractivity contribution in [3.8, 4) is 0 Å². The lowest BCUT2D eigenvalue weighted by molar-refractivity contribution is 0.0949. The van der Waals surface area contributed by atoms with Crippen molar-refractivity contribution < 1.29 is 13.7 Å². The van der Waals surface area contributed by atoms with Gasteiger partial charge in [0, 0.05) is 5.56 Å². The molecule has 2 rings (SSSR count). The summed E-state index contributed by atoms with van der Waals surface area (Å²) in [5.41, 5.74) is 1.01. The van der Waals surface area contributed by atoms with Gasteiger partial charge in [-0.2, -0.15) is 4.98 Å². The number of benzene rings is 1. The predicted molar refractivity (Wildman–Crippen MR) is 56.6 cm³/mol. The minimum Gasteiger partial charge on any atom is -0.345 e. The van der Waals surface area contributed by atoms with E-state index < -0.39 is 0 Å². The number of halogens is 1. The summed E-state index contributed by atoms with van der Waals surface area (Å²) in [4.78, 5) is 15.5. The molecule has 1 N–H and O–H groups in total. The first-order valence-corrected chi connectivity index (χ1v) is 4.96. The smallest absolute Gasteiger partial charge is 0.251 e. The largest absolute Gasteiger partial charge is 0.345 e. The molecule has 1 amide bonds. The van der Waals surface area contributed by atoms with Crippen LogP contribution in [-0.4, -0.2) is 16.0 Å². The third-order valence-electron chi connectivity index (χ3n) is 2.25. The molecule has 0 radical (unpaired) electrons. The molecule has 0 spiro atoms. The van der Waals surface area contributed by atoms with E-state index in [9.17, 15) is 9.18 Å². The van der Waals surface area contributed by atoms with Gasteiger partial charge in [0.05, 0.1) is 6.54 Å². The van der Waals surface area contributed by atoms with Crippen LogP contribution in [0, 0.1) is 12.7 Å². The number of amides is 1. The van der Waals surface area contributed by atoms with Crippen molar-refractivity contribution in [1.29, 1.82) is 0 Å². The van der Waals surface area contributed by atoms with E-state index in [0.29, 0.717) is 17.0 Å². The van der Waals surface area contributed by atoms with Gasteiger partial charge in [-0.25, -0.2) is 4.39 Å². The Morgan fingerprint density at radius 3 is 3.00 bits per heavy atom. The van der Waals surface area contributed by atoms with Gasteiger partial charge >= 0.3 is 0 Å². The molecule has 88 valence electrons. The molecule has 1 heterocycles. The van der Waals surface area contributed by atoms with Gasteiger partial charge in [0.25, 0.3) is 5.91 Å². The summed E-state index contributed by atoms with van der Waals surface area (Å²) in [6.07, 6.45) is 1.19. The van der Waals surface area contributed by atoms with Gasteiger partial charge in [-0.05, 0) is 30.7 Å². The van der Waals surface area contributed by atoms with Gasteiger partial charge < -0.3 is 9.84 Å². The van der Waals surface area contributed by atoms with E-state index >= 15 is 0 Å². The lowest BCUT2D eigenvalue weighted by Gasteiger charge is -2.05. The van der Waals surface area contributed by atoms with Crippen molar-refractivity contribution in [3.05, 3.63) is 47.4 Å². The van der Waals surface area contributed by atoms with Gasteiger partial charge in [-0.1, -0.05) is 5.16 Å². The van der Waals surface area contributed by atoms with Crippen LogP contribution in [0.25, 0.3) is 0 Å². The standard InChI is InChI=1S/C11H10FN3O2/c1-7-4-8(12)2-3-9(7)11(16)13-5-10-14-6-17-15-10/h2-4,6H,5H2,1H3,(H,13,16). The maximum atomic E-state index is 12.9. The number of rotatable bonds is 3. The van der Waals surface area contributed by atoms with Crippen molar-refractivity contribution in [2.24, 2.45) is 0 Å². The molecule has 1 aromatic carbocycles. The Morgan fingerprint density at radius 2 is 2.35 bits per heavy atom. The topological polar surface area (TPSA) is 68.0 Å². The van der Waals surface area contributed by atoms with Crippen molar-refractivity contribution >= 4 is 5.91 Å². The van der Waals surface area contributed by atoms with Gasteiger partial charge in [0.1, 0.15) is 5.82 Å². The number of nitrogens with zero attached hydrogens (tertiary/aromatic N) is 2. The average Bonchev–Trinajstić information content (AvgIpc) is 2.78. The SMILES string of the molecule is Cc1cc(F)ccc1C(=O)NCc1ncon1. The number of nitrogens with one attached hydrogen (secondary N) is 1. The lowest BCUT2D eigenvalue weighted by Crippen LogP contribution is -2.24. The number of aromatic nitrogens is 2. The van der Waals surface area contributed by atoms with Gasteiger partial charge in [0.2, 0.25) is 6.39 Å². The fourth-order valence-corrected chi connectivity index (χ4v) is 1.41. The van der Waals surface area contributed by atoms with Crippen molar-refractivity contribution in [2.45, 2.75) is 13.5 Å². The predicted octanol–water partition coefficient (Wildman–Crippen LogP) is 1.45. The van der Waals surface area contributed by atoms with Crippen LogP contribution in [0.15, 0.2) is 29.1 Å². The van der Waals surface area contributed by atoms with Crippen molar-refractivity contribution in [1.82, 2.24) is 15.5 Å². The molecule has 0 saturated carbocycles. The summed E-state index contributed by atoms with van der Waals surface area (Å²) in [6, 6.07) is 4.00. The highest BCUT2D eigenvalue weighted by Crippen LogP contribution is 2.09. The molecule has 0 aliphatic carbocycles. The first-order chi connectivity index (χ1) is 8.16. The minimum absolute atomic E-state index is 0.173. The zero-order valence-corrected chi connectivity index (χ0v) is 9.11. The summed E-state index contributed by atoms with van der Waals surface area (Å²) < 4.78 is 17.4. The van der Waals surface area contributed by atoms with E-state index in [2.05, 4.69) is 20.0 Å². The normalized spacial score (nSPS) is 10.2.